The summed E-state index contributed by atoms with van der Waals surface area (Å²) >= 11 is 0. The molecule has 6 heteroatoms. The lowest BCUT2D eigenvalue weighted by molar-refractivity contribution is 0.141. The molecule has 0 aliphatic heterocycles. The highest BCUT2D eigenvalue weighted by Gasteiger charge is 2.17. The van der Waals surface area contributed by atoms with Gasteiger partial charge in [-0.1, -0.05) is 0 Å². The van der Waals surface area contributed by atoms with Gasteiger partial charge in [0, 0.05) is 26.0 Å². The molecule has 2 rings (SSSR count). The molecule has 1 N–H and O–H groups in total. The Hall–Kier alpha value is -2.34. The Balaban J connectivity index is 1.98. The summed E-state index contributed by atoms with van der Waals surface area (Å²) in [7, 11) is 1.61. The van der Waals surface area contributed by atoms with Crippen LogP contribution < -0.4 is 5.32 Å². The Morgan fingerprint density at radius 3 is 2.82 bits per heavy atom. The minimum atomic E-state index is -0.155. The molecule has 0 saturated carbocycles. The van der Waals surface area contributed by atoms with E-state index in [2.05, 4.69) is 10.3 Å². The molecule has 0 fully saturated rings. The molecule has 0 radical (unpaired) electrons. The van der Waals surface area contributed by atoms with Gasteiger partial charge in [-0.05, 0) is 36.8 Å². The number of nitrogens with zero attached hydrogens (tertiary/aromatic N) is 2. The fourth-order valence-corrected chi connectivity index (χ4v) is 2.06. The lowest BCUT2D eigenvalue weighted by Gasteiger charge is -2.24. The molecule has 0 aliphatic rings. The Labute approximate surface area is 130 Å². The van der Waals surface area contributed by atoms with Gasteiger partial charge in [-0.25, -0.2) is 4.79 Å². The van der Waals surface area contributed by atoms with Gasteiger partial charge in [-0.15, -0.1) is 0 Å². The SMILES string of the molecule is COCCN(Cc1ccco1)C(=O)NC(C)c1ccncc1. The van der Waals surface area contributed by atoms with Crippen LogP contribution >= 0.6 is 0 Å². The lowest BCUT2D eigenvalue weighted by atomic mass is 10.1. The molecule has 118 valence electrons. The van der Waals surface area contributed by atoms with E-state index < -0.39 is 0 Å². The number of nitrogens with one attached hydrogen (secondary N) is 1. The molecular weight excluding hydrogens is 282 g/mol. The largest absolute Gasteiger partial charge is 0.467 e. The second-order valence-corrected chi connectivity index (χ2v) is 4.95. The van der Waals surface area contributed by atoms with Crippen LogP contribution in [0.2, 0.25) is 0 Å². The quantitative estimate of drug-likeness (QED) is 0.853. The van der Waals surface area contributed by atoms with E-state index in [-0.39, 0.29) is 12.1 Å². The predicted molar refractivity (Wildman–Crippen MR) is 82.2 cm³/mol. The third kappa shape index (κ3) is 4.60. The van der Waals surface area contributed by atoms with Crippen molar-refractivity contribution in [3.63, 3.8) is 0 Å². The summed E-state index contributed by atoms with van der Waals surface area (Å²) in [5, 5.41) is 2.98. The minimum absolute atomic E-state index is 0.0999. The molecule has 22 heavy (non-hydrogen) atoms. The van der Waals surface area contributed by atoms with E-state index in [4.69, 9.17) is 9.15 Å². The third-order valence-electron chi connectivity index (χ3n) is 3.33. The monoisotopic (exact) mass is 303 g/mol. The summed E-state index contributed by atoms with van der Waals surface area (Å²) in [6.45, 7) is 3.31. The molecule has 0 aromatic carbocycles. The number of furan rings is 1. The number of ether oxygens (including phenoxy) is 1. The van der Waals surface area contributed by atoms with Gasteiger partial charge in [0.2, 0.25) is 0 Å². The normalized spacial score (nSPS) is 11.9. The highest BCUT2D eigenvalue weighted by molar-refractivity contribution is 5.74. The van der Waals surface area contributed by atoms with Crippen LogP contribution in [0.15, 0.2) is 47.3 Å². The van der Waals surface area contributed by atoms with Gasteiger partial charge in [0.1, 0.15) is 5.76 Å². The Morgan fingerprint density at radius 2 is 2.18 bits per heavy atom. The Bertz CT molecular complexity index is 557. The van der Waals surface area contributed by atoms with Gasteiger partial charge in [-0.2, -0.15) is 0 Å². The van der Waals surface area contributed by atoms with Crippen LogP contribution in [0, 0.1) is 0 Å². The molecule has 6 nitrogen and oxygen atoms in total. The van der Waals surface area contributed by atoms with Crippen LogP contribution in [0.5, 0.6) is 0 Å². The molecule has 0 saturated heterocycles. The molecule has 2 aromatic rings. The third-order valence-corrected chi connectivity index (χ3v) is 3.33. The molecule has 1 unspecified atom stereocenters. The van der Waals surface area contributed by atoms with Gasteiger partial charge in [0.15, 0.2) is 0 Å². The fraction of sp³-hybridized carbons (Fsp3) is 0.375. The molecule has 2 heterocycles. The molecular formula is C16H21N3O3. The molecule has 0 aliphatic carbocycles. The van der Waals surface area contributed by atoms with Crippen molar-refractivity contribution >= 4 is 6.03 Å². The highest BCUT2D eigenvalue weighted by atomic mass is 16.5. The zero-order valence-electron chi connectivity index (χ0n) is 12.9. The number of hydrogen-bond donors (Lipinski definition) is 1. The zero-order valence-corrected chi connectivity index (χ0v) is 12.9. The maximum atomic E-state index is 12.5. The van der Waals surface area contributed by atoms with E-state index >= 15 is 0 Å². The van der Waals surface area contributed by atoms with Crippen LogP contribution in [0.1, 0.15) is 24.3 Å². The van der Waals surface area contributed by atoms with Crippen molar-refractivity contribution in [2.75, 3.05) is 20.3 Å². The number of amides is 2. The maximum Gasteiger partial charge on any atom is 0.318 e. The summed E-state index contributed by atoms with van der Waals surface area (Å²) in [5.41, 5.74) is 1.01. The zero-order chi connectivity index (χ0) is 15.8. The van der Waals surface area contributed by atoms with E-state index in [1.807, 2.05) is 25.1 Å². The average molecular weight is 303 g/mol. The summed E-state index contributed by atoms with van der Waals surface area (Å²) in [4.78, 5) is 18.1. The molecule has 2 aromatic heterocycles. The molecule has 2 amide bonds. The van der Waals surface area contributed by atoms with Crippen LogP contribution in [-0.4, -0.2) is 36.2 Å². The number of urea groups is 1. The minimum Gasteiger partial charge on any atom is -0.467 e. The van der Waals surface area contributed by atoms with Crippen molar-refractivity contribution in [3.05, 3.63) is 54.2 Å². The molecule has 1 atom stereocenters. The van der Waals surface area contributed by atoms with Gasteiger partial charge in [0.25, 0.3) is 0 Å². The number of carbonyl (C=O) groups excluding carboxylic acids is 1. The fourth-order valence-electron chi connectivity index (χ4n) is 2.06. The van der Waals surface area contributed by atoms with Crippen molar-refractivity contribution < 1.29 is 13.9 Å². The van der Waals surface area contributed by atoms with Crippen LogP contribution in [0.4, 0.5) is 4.79 Å². The van der Waals surface area contributed by atoms with Crippen molar-refractivity contribution in [1.29, 1.82) is 0 Å². The lowest BCUT2D eigenvalue weighted by Crippen LogP contribution is -2.42. The van der Waals surface area contributed by atoms with Crippen LogP contribution in [-0.2, 0) is 11.3 Å². The summed E-state index contributed by atoms with van der Waals surface area (Å²) in [5.74, 6) is 0.739. The van der Waals surface area contributed by atoms with Gasteiger partial charge in [-0.3, -0.25) is 4.98 Å². The van der Waals surface area contributed by atoms with E-state index in [1.165, 1.54) is 0 Å². The second kappa shape index (κ2) is 8.19. The topological polar surface area (TPSA) is 67.6 Å². The predicted octanol–water partition coefficient (Wildman–Crippen LogP) is 2.59. The number of hydrogen-bond acceptors (Lipinski definition) is 4. The summed E-state index contributed by atoms with van der Waals surface area (Å²) in [6, 6.07) is 7.17. The standard InChI is InChI=1S/C16H21N3O3/c1-13(14-5-7-17-8-6-14)18-16(20)19(9-11-21-2)12-15-4-3-10-22-15/h3-8,10,13H,9,11-12H2,1-2H3,(H,18,20). The highest BCUT2D eigenvalue weighted by Crippen LogP contribution is 2.12. The summed E-state index contributed by atoms with van der Waals surface area (Å²) in [6.07, 6.45) is 5.02. The van der Waals surface area contributed by atoms with Crippen LogP contribution in [0.25, 0.3) is 0 Å². The Morgan fingerprint density at radius 1 is 1.41 bits per heavy atom. The van der Waals surface area contributed by atoms with Crippen molar-refractivity contribution in [2.24, 2.45) is 0 Å². The smallest absolute Gasteiger partial charge is 0.318 e. The molecule has 0 bridgehead atoms. The first-order valence-corrected chi connectivity index (χ1v) is 7.17. The van der Waals surface area contributed by atoms with Gasteiger partial charge >= 0.3 is 6.03 Å². The van der Waals surface area contributed by atoms with Crippen molar-refractivity contribution in [2.45, 2.75) is 19.5 Å². The van der Waals surface area contributed by atoms with E-state index in [1.54, 1.807) is 36.7 Å². The number of rotatable bonds is 7. The average Bonchev–Trinajstić information content (AvgIpc) is 3.05. The number of aromatic nitrogens is 1. The van der Waals surface area contributed by atoms with Crippen molar-refractivity contribution in [1.82, 2.24) is 15.2 Å². The number of methoxy groups -OCH3 is 1. The number of pyridine rings is 1. The second-order valence-electron chi connectivity index (χ2n) is 4.95. The van der Waals surface area contributed by atoms with E-state index in [0.29, 0.717) is 19.7 Å². The van der Waals surface area contributed by atoms with Gasteiger partial charge < -0.3 is 19.4 Å². The number of carbonyl (C=O) groups is 1. The van der Waals surface area contributed by atoms with Crippen LogP contribution in [0.3, 0.4) is 0 Å². The first kappa shape index (κ1) is 16.0. The van der Waals surface area contributed by atoms with E-state index in [0.717, 1.165) is 11.3 Å². The van der Waals surface area contributed by atoms with Gasteiger partial charge in [0.05, 0.1) is 25.5 Å². The maximum absolute atomic E-state index is 12.5. The molecule has 0 spiro atoms. The first-order valence-electron chi connectivity index (χ1n) is 7.17. The summed E-state index contributed by atoms with van der Waals surface area (Å²) < 4.78 is 10.4. The van der Waals surface area contributed by atoms with Crippen molar-refractivity contribution in [3.8, 4) is 0 Å². The Kier molecular flexibility index (Phi) is 5.97. The van der Waals surface area contributed by atoms with E-state index in [9.17, 15) is 4.79 Å². The first-order chi connectivity index (χ1) is 10.7.